The van der Waals surface area contributed by atoms with Crippen LogP contribution in [0.1, 0.15) is 37.0 Å². The lowest BCUT2D eigenvalue weighted by molar-refractivity contribution is 0.0927. The first-order valence-corrected chi connectivity index (χ1v) is 7.60. The molecule has 0 spiro atoms. The van der Waals surface area contributed by atoms with Gasteiger partial charge in [-0.05, 0) is 31.0 Å². The molecule has 106 valence electrons. The molecular formula is C14H18BrClFNO. The fourth-order valence-corrected chi connectivity index (χ4v) is 2.58. The van der Waals surface area contributed by atoms with Gasteiger partial charge in [-0.25, -0.2) is 4.39 Å². The molecule has 1 N–H and O–H groups in total. The predicted octanol–water partition coefficient (Wildman–Crippen LogP) is 4.36. The summed E-state index contributed by atoms with van der Waals surface area (Å²) in [5.41, 5.74) is -0.0675. The van der Waals surface area contributed by atoms with Gasteiger partial charge < -0.3 is 5.32 Å². The summed E-state index contributed by atoms with van der Waals surface area (Å²) in [4.78, 5) is 12.0. The van der Waals surface area contributed by atoms with Crippen molar-refractivity contribution in [2.45, 2.75) is 26.7 Å². The standard InChI is InChI=1S/C14H18BrClFNO/c1-3-14(4-2,8-16)9-18-13(19)11-6-5-10(15)7-12(11)17/h5-7H,3-4,8-9H2,1-2H3,(H,18,19). The first kappa shape index (κ1) is 16.4. The highest BCUT2D eigenvalue weighted by Gasteiger charge is 2.26. The third-order valence-electron chi connectivity index (χ3n) is 3.58. The summed E-state index contributed by atoms with van der Waals surface area (Å²) >= 11 is 9.14. The van der Waals surface area contributed by atoms with Crippen LogP contribution in [0.2, 0.25) is 0 Å². The minimum Gasteiger partial charge on any atom is -0.351 e. The van der Waals surface area contributed by atoms with E-state index < -0.39 is 11.7 Å². The molecule has 2 nitrogen and oxygen atoms in total. The van der Waals surface area contributed by atoms with Gasteiger partial charge >= 0.3 is 0 Å². The summed E-state index contributed by atoms with van der Waals surface area (Å²) in [5.74, 6) is -0.457. The average Bonchev–Trinajstić information content (AvgIpc) is 2.40. The van der Waals surface area contributed by atoms with Crippen LogP contribution in [0.4, 0.5) is 4.39 Å². The topological polar surface area (TPSA) is 29.1 Å². The zero-order chi connectivity index (χ0) is 14.5. The van der Waals surface area contributed by atoms with E-state index in [1.807, 2.05) is 13.8 Å². The van der Waals surface area contributed by atoms with Crippen LogP contribution in [0.3, 0.4) is 0 Å². The number of alkyl halides is 1. The van der Waals surface area contributed by atoms with Gasteiger partial charge in [-0.15, -0.1) is 11.6 Å². The zero-order valence-corrected chi connectivity index (χ0v) is 13.4. The second-order valence-corrected chi connectivity index (χ2v) is 5.83. The Balaban J connectivity index is 2.75. The van der Waals surface area contributed by atoms with Gasteiger partial charge in [0.25, 0.3) is 5.91 Å². The third kappa shape index (κ3) is 4.18. The van der Waals surface area contributed by atoms with E-state index in [0.29, 0.717) is 16.9 Å². The van der Waals surface area contributed by atoms with Crippen LogP contribution in [0.25, 0.3) is 0 Å². The summed E-state index contributed by atoms with van der Waals surface area (Å²) in [5, 5.41) is 2.77. The van der Waals surface area contributed by atoms with Gasteiger partial charge in [0.2, 0.25) is 0 Å². The van der Waals surface area contributed by atoms with Gasteiger partial charge in [0.1, 0.15) is 5.82 Å². The molecule has 0 fully saturated rings. The number of rotatable bonds is 6. The molecule has 5 heteroatoms. The number of halogens is 3. The Bertz CT molecular complexity index is 441. The molecule has 0 saturated carbocycles. The van der Waals surface area contributed by atoms with Crippen LogP contribution >= 0.6 is 27.5 Å². The summed E-state index contributed by atoms with van der Waals surface area (Å²) in [6.45, 7) is 4.54. The number of carbonyl (C=O) groups is 1. The lowest BCUT2D eigenvalue weighted by atomic mass is 9.84. The van der Waals surface area contributed by atoms with Crippen molar-refractivity contribution in [3.05, 3.63) is 34.1 Å². The Labute approximate surface area is 126 Å². The normalized spacial score (nSPS) is 11.4. The lowest BCUT2D eigenvalue weighted by Gasteiger charge is -2.29. The molecule has 0 bridgehead atoms. The van der Waals surface area contributed by atoms with Crippen LogP contribution in [-0.2, 0) is 0 Å². The summed E-state index contributed by atoms with van der Waals surface area (Å²) in [6.07, 6.45) is 1.74. The largest absolute Gasteiger partial charge is 0.351 e. The Kier molecular flexibility index (Phi) is 6.27. The number of hydrogen-bond acceptors (Lipinski definition) is 1. The van der Waals surface area contributed by atoms with Crippen molar-refractivity contribution >= 4 is 33.4 Å². The number of amides is 1. The second-order valence-electron chi connectivity index (χ2n) is 4.65. The summed E-state index contributed by atoms with van der Waals surface area (Å²) < 4.78 is 14.3. The molecule has 0 aliphatic heterocycles. The van der Waals surface area contributed by atoms with E-state index in [-0.39, 0.29) is 11.0 Å². The first-order chi connectivity index (χ1) is 8.98. The van der Waals surface area contributed by atoms with Crippen molar-refractivity contribution in [1.82, 2.24) is 5.32 Å². The molecule has 0 unspecified atom stereocenters. The molecule has 0 aliphatic rings. The molecule has 0 aromatic heterocycles. The Morgan fingerprint density at radius 2 is 2.05 bits per heavy atom. The minimum absolute atomic E-state index is 0.0545. The lowest BCUT2D eigenvalue weighted by Crippen LogP contribution is -2.38. The van der Waals surface area contributed by atoms with Gasteiger partial charge in [-0.1, -0.05) is 29.8 Å². The third-order valence-corrected chi connectivity index (χ3v) is 4.64. The zero-order valence-electron chi connectivity index (χ0n) is 11.1. The monoisotopic (exact) mass is 349 g/mol. The Morgan fingerprint density at radius 3 is 2.53 bits per heavy atom. The van der Waals surface area contributed by atoms with Crippen molar-refractivity contribution in [1.29, 1.82) is 0 Å². The number of carbonyl (C=O) groups excluding carboxylic acids is 1. The maximum Gasteiger partial charge on any atom is 0.254 e. The molecule has 0 radical (unpaired) electrons. The van der Waals surface area contributed by atoms with Crippen LogP contribution in [0.5, 0.6) is 0 Å². The van der Waals surface area contributed by atoms with Crippen molar-refractivity contribution < 1.29 is 9.18 Å². The molecular weight excluding hydrogens is 333 g/mol. The predicted molar refractivity (Wildman–Crippen MR) is 80.2 cm³/mol. The SMILES string of the molecule is CCC(CC)(CCl)CNC(=O)c1ccc(Br)cc1F. The highest BCUT2D eigenvalue weighted by Crippen LogP contribution is 2.27. The van der Waals surface area contributed by atoms with Crippen LogP contribution < -0.4 is 5.32 Å². The van der Waals surface area contributed by atoms with E-state index in [4.69, 9.17) is 11.6 Å². The molecule has 1 amide bonds. The smallest absolute Gasteiger partial charge is 0.254 e. The molecule has 0 heterocycles. The fourth-order valence-electron chi connectivity index (χ4n) is 1.77. The second kappa shape index (κ2) is 7.25. The van der Waals surface area contributed by atoms with Crippen molar-refractivity contribution in [3.8, 4) is 0 Å². The summed E-state index contributed by atoms with van der Waals surface area (Å²) in [6, 6.07) is 4.39. The van der Waals surface area contributed by atoms with E-state index >= 15 is 0 Å². The van der Waals surface area contributed by atoms with Crippen LogP contribution in [0, 0.1) is 11.2 Å². The van der Waals surface area contributed by atoms with Gasteiger partial charge in [-0.3, -0.25) is 4.79 Å². The first-order valence-electron chi connectivity index (χ1n) is 6.27. The minimum atomic E-state index is -0.531. The van der Waals surface area contributed by atoms with Crippen LogP contribution in [-0.4, -0.2) is 18.3 Å². The van der Waals surface area contributed by atoms with Gasteiger partial charge in [0, 0.05) is 22.3 Å². The van der Waals surface area contributed by atoms with Gasteiger partial charge in [-0.2, -0.15) is 0 Å². The fraction of sp³-hybridized carbons (Fsp3) is 0.500. The van der Waals surface area contributed by atoms with Gasteiger partial charge in [0.05, 0.1) is 5.56 Å². The van der Waals surface area contributed by atoms with Crippen molar-refractivity contribution in [2.24, 2.45) is 5.41 Å². The molecule has 1 aromatic rings. The number of benzene rings is 1. The molecule has 0 atom stereocenters. The number of hydrogen-bond donors (Lipinski definition) is 1. The quantitative estimate of drug-likeness (QED) is 0.759. The maximum atomic E-state index is 13.6. The van der Waals surface area contributed by atoms with E-state index in [9.17, 15) is 9.18 Å². The molecule has 1 rings (SSSR count). The maximum absolute atomic E-state index is 13.6. The summed E-state index contributed by atoms with van der Waals surface area (Å²) in [7, 11) is 0. The molecule has 19 heavy (non-hydrogen) atoms. The van der Waals surface area contributed by atoms with Crippen LogP contribution in [0.15, 0.2) is 22.7 Å². The van der Waals surface area contributed by atoms with E-state index in [2.05, 4.69) is 21.2 Å². The number of nitrogens with one attached hydrogen (secondary N) is 1. The molecule has 1 aromatic carbocycles. The van der Waals surface area contributed by atoms with Crippen molar-refractivity contribution in [2.75, 3.05) is 12.4 Å². The van der Waals surface area contributed by atoms with E-state index in [1.165, 1.54) is 12.1 Å². The van der Waals surface area contributed by atoms with E-state index in [0.717, 1.165) is 12.8 Å². The van der Waals surface area contributed by atoms with Gasteiger partial charge in [0.15, 0.2) is 0 Å². The Hall–Kier alpha value is -0.610. The van der Waals surface area contributed by atoms with E-state index in [1.54, 1.807) is 6.07 Å². The van der Waals surface area contributed by atoms with Crippen molar-refractivity contribution in [3.63, 3.8) is 0 Å². The molecule has 0 aliphatic carbocycles. The molecule has 0 saturated heterocycles. The average molecular weight is 351 g/mol. The highest BCUT2D eigenvalue weighted by atomic mass is 79.9. The Morgan fingerprint density at radius 1 is 1.42 bits per heavy atom. The highest BCUT2D eigenvalue weighted by molar-refractivity contribution is 9.10.